The van der Waals surface area contributed by atoms with Crippen molar-refractivity contribution >= 4 is 29.4 Å². The Labute approximate surface area is 184 Å². The second-order valence-electron chi connectivity index (χ2n) is 6.46. The zero-order valence-electron chi connectivity index (χ0n) is 16.4. The number of para-hydroxylation sites is 1. The van der Waals surface area contributed by atoms with E-state index in [0.717, 1.165) is 6.07 Å². The predicted octanol–water partition coefficient (Wildman–Crippen LogP) is 3.40. The molecule has 1 heterocycles. The van der Waals surface area contributed by atoms with Gasteiger partial charge in [0.15, 0.2) is 11.5 Å². The van der Waals surface area contributed by atoms with Crippen molar-refractivity contribution in [1.29, 1.82) is 0 Å². The van der Waals surface area contributed by atoms with E-state index in [1.807, 2.05) is 4.98 Å². The molecule has 0 aliphatic heterocycles. The number of anilines is 1. The molecular weight excluding hydrogens is 447 g/mol. The molecular formula is C21H16ClFN2O7. The highest BCUT2D eigenvalue weighted by atomic mass is 35.5. The van der Waals surface area contributed by atoms with Gasteiger partial charge in [-0.3, -0.25) is 4.79 Å². The Morgan fingerprint density at radius 2 is 1.84 bits per heavy atom. The van der Waals surface area contributed by atoms with E-state index < -0.39 is 45.8 Å². The van der Waals surface area contributed by atoms with Gasteiger partial charge in [-0.2, -0.15) is 0 Å². The number of carbonyl (C=O) groups is 2. The summed E-state index contributed by atoms with van der Waals surface area (Å²) >= 11 is 6.03. The van der Waals surface area contributed by atoms with Gasteiger partial charge in [0.25, 0.3) is 5.56 Å². The van der Waals surface area contributed by atoms with Crippen LogP contribution in [-0.2, 0) is 6.61 Å². The SMILES string of the molecule is COc1cccc(-c2c(C(=O)O)c(N)[nH]c(=O)c2C(=O)O)c1OCc1ccc(F)cc1Cl. The highest BCUT2D eigenvalue weighted by molar-refractivity contribution is 6.31. The number of hydrogen-bond donors (Lipinski definition) is 4. The van der Waals surface area contributed by atoms with Crippen molar-refractivity contribution in [3.8, 4) is 22.6 Å². The number of H-pyrrole nitrogens is 1. The Kier molecular flexibility index (Phi) is 6.35. The third-order valence-corrected chi connectivity index (χ3v) is 4.88. The van der Waals surface area contributed by atoms with E-state index in [2.05, 4.69) is 0 Å². The van der Waals surface area contributed by atoms with Crippen LogP contribution in [0.1, 0.15) is 26.3 Å². The summed E-state index contributed by atoms with van der Waals surface area (Å²) < 4.78 is 24.4. The maximum atomic E-state index is 13.3. The van der Waals surface area contributed by atoms with E-state index in [-0.39, 0.29) is 28.7 Å². The first-order valence-electron chi connectivity index (χ1n) is 8.92. The van der Waals surface area contributed by atoms with Crippen molar-refractivity contribution in [2.24, 2.45) is 0 Å². The van der Waals surface area contributed by atoms with Crippen LogP contribution in [0.25, 0.3) is 11.1 Å². The molecule has 0 amide bonds. The first-order valence-corrected chi connectivity index (χ1v) is 9.29. The number of pyridine rings is 1. The van der Waals surface area contributed by atoms with Crippen LogP contribution in [0, 0.1) is 5.82 Å². The number of nitrogen functional groups attached to an aromatic ring is 1. The van der Waals surface area contributed by atoms with Gasteiger partial charge >= 0.3 is 11.9 Å². The van der Waals surface area contributed by atoms with Gasteiger partial charge in [-0.25, -0.2) is 14.0 Å². The summed E-state index contributed by atoms with van der Waals surface area (Å²) in [5.74, 6) is -4.26. The molecule has 32 heavy (non-hydrogen) atoms. The third-order valence-electron chi connectivity index (χ3n) is 4.53. The average molecular weight is 463 g/mol. The van der Waals surface area contributed by atoms with Crippen LogP contribution in [0.15, 0.2) is 41.2 Å². The molecule has 0 aliphatic rings. The number of carboxylic acid groups (broad SMARTS) is 2. The lowest BCUT2D eigenvalue weighted by atomic mass is 9.94. The van der Waals surface area contributed by atoms with E-state index in [9.17, 15) is 29.0 Å². The second kappa shape index (κ2) is 8.98. The van der Waals surface area contributed by atoms with E-state index >= 15 is 0 Å². The maximum absolute atomic E-state index is 13.3. The van der Waals surface area contributed by atoms with Crippen molar-refractivity contribution in [3.05, 3.63) is 74.3 Å². The number of aromatic nitrogens is 1. The number of ether oxygens (including phenoxy) is 2. The van der Waals surface area contributed by atoms with E-state index in [1.54, 1.807) is 0 Å². The monoisotopic (exact) mass is 462 g/mol. The minimum absolute atomic E-state index is 0.0600. The topological polar surface area (TPSA) is 152 Å². The normalized spacial score (nSPS) is 10.6. The fourth-order valence-electron chi connectivity index (χ4n) is 3.13. The average Bonchev–Trinajstić information content (AvgIpc) is 2.71. The van der Waals surface area contributed by atoms with Gasteiger partial charge in [0, 0.05) is 16.7 Å². The number of methoxy groups -OCH3 is 1. The molecule has 9 nitrogen and oxygen atoms in total. The molecule has 2 aromatic carbocycles. The molecule has 0 bridgehead atoms. The number of nitrogens with one attached hydrogen (secondary N) is 1. The molecule has 166 valence electrons. The van der Waals surface area contributed by atoms with E-state index in [4.69, 9.17) is 26.8 Å². The zero-order valence-corrected chi connectivity index (χ0v) is 17.2. The van der Waals surface area contributed by atoms with Crippen LogP contribution >= 0.6 is 11.6 Å². The smallest absolute Gasteiger partial charge is 0.342 e. The molecule has 0 unspecified atom stereocenters. The lowest BCUT2D eigenvalue weighted by Gasteiger charge is -2.18. The Balaban J connectivity index is 2.27. The fraction of sp³-hybridized carbons (Fsp3) is 0.0952. The van der Waals surface area contributed by atoms with Crippen molar-refractivity contribution in [2.45, 2.75) is 6.61 Å². The first kappa shape index (κ1) is 22.6. The first-order chi connectivity index (χ1) is 15.1. The summed E-state index contributed by atoms with van der Waals surface area (Å²) in [5, 5.41) is 19.4. The van der Waals surface area contributed by atoms with Gasteiger partial charge in [0.1, 0.15) is 29.4 Å². The van der Waals surface area contributed by atoms with Gasteiger partial charge < -0.3 is 30.4 Å². The molecule has 1 aromatic heterocycles. The predicted molar refractivity (Wildman–Crippen MR) is 113 cm³/mol. The van der Waals surface area contributed by atoms with E-state index in [1.165, 1.54) is 37.4 Å². The van der Waals surface area contributed by atoms with Gasteiger partial charge in [-0.1, -0.05) is 29.8 Å². The highest BCUT2D eigenvalue weighted by Gasteiger charge is 2.29. The summed E-state index contributed by atoms with van der Waals surface area (Å²) in [6.45, 7) is -0.198. The molecule has 0 spiro atoms. The van der Waals surface area contributed by atoms with Crippen LogP contribution in [0.2, 0.25) is 5.02 Å². The molecule has 5 N–H and O–H groups in total. The molecule has 0 atom stereocenters. The Bertz CT molecular complexity index is 1290. The largest absolute Gasteiger partial charge is 0.493 e. The minimum Gasteiger partial charge on any atom is -0.493 e. The molecule has 0 fully saturated rings. The van der Waals surface area contributed by atoms with Crippen molar-refractivity contribution in [2.75, 3.05) is 12.8 Å². The number of hydrogen-bond acceptors (Lipinski definition) is 6. The minimum atomic E-state index is -1.67. The second-order valence-corrected chi connectivity index (χ2v) is 6.87. The maximum Gasteiger partial charge on any atom is 0.342 e. The van der Waals surface area contributed by atoms with Gasteiger partial charge in [0.2, 0.25) is 0 Å². The molecule has 3 rings (SSSR count). The Morgan fingerprint density at radius 3 is 2.44 bits per heavy atom. The van der Waals surface area contributed by atoms with Gasteiger partial charge in [0.05, 0.1) is 12.1 Å². The standard InChI is InChI=1S/C21H16ClFN2O7/c1-31-13-4-2-3-11(17(13)32-8-9-5-6-10(23)7-12(9)22)14-15(20(27)28)18(24)25-19(26)16(14)21(29)30/h2-7H,8H2,1H3,(H,27,28)(H,29,30)(H3,24,25,26). The van der Waals surface area contributed by atoms with Crippen LogP contribution in [0.3, 0.4) is 0 Å². The summed E-state index contributed by atoms with van der Waals surface area (Å²) in [7, 11) is 1.32. The van der Waals surface area contributed by atoms with Crippen LogP contribution in [0.4, 0.5) is 10.2 Å². The number of halogens is 2. The lowest BCUT2D eigenvalue weighted by Crippen LogP contribution is -2.24. The Hall–Kier alpha value is -4.05. The van der Waals surface area contributed by atoms with Crippen molar-refractivity contribution in [1.82, 2.24) is 4.98 Å². The number of carboxylic acids is 2. The molecule has 0 saturated carbocycles. The molecule has 11 heteroatoms. The van der Waals surface area contributed by atoms with Crippen LogP contribution in [0.5, 0.6) is 11.5 Å². The fourth-order valence-corrected chi connectivity index (χ4v) is 3.35. The number of rotatable bonds is 7. The highest BCUT2D eigenvalue weighted by Crippen LogP contribution is 2.42. The van der Waals surface area contributed by atoms with Crippen molar-refractivity contribution in [3.63, 3.8) is 0 Å². The lowest BCUT2D eigenvalue weighted by molar-refractivity contribution is 0.0695. The summed E-state index contributed by atoms with van der Waals surface area (Å²) in [5.41, 5.74) is 3.02. The summed E-state index contributed by atoms with van der Waals surface area (Å²) in [6.07, 6.45) is 0. The quantitative estimate of drug-likeness (QED) is 0.417. The number of aromatic amines is 1. The summed E-state index contributed by atoms with van der Waals surface area (Å²) in [4.78, 5) is 38.1. The molecule has 0 aliphatic carbocycles. The zero-order chi connectivity index (χ0) is 23.6. The van der Waals surface area contributed by atoms with E-state index in [0.29, 0.717) is 5.56 Å². The van der Waals surface area contributed by atoms with Crippen molar-refractivity contribution < 1.29 is 33.7 Å². The number of aromatic carboxylic acids is 2. The van der Waals surface area contributed by atoms with Gasteiger partial charge in [-0.15, -0.1) is 0 Å². The molecule has 0 radical (unpaired) electrons. The molecule has 3 aromatic rings. The number of benzene rings is 2. The van der Waals surface area contributed by atoms with Crippen LogP contribution in [-0.4, -0.2) is 34.2 Å². The number of nitrogens with two attached hydrogens (primary N) is 1. The van der Waals surface area contributed by atoms with Gasteiger partial charge in [-0.05, 0) is 18.2 Å². The third kappa shape index (κ3) is 4.21. The van der Waals surface area contributed by atoms with Crippen LogP contribution < -0.4 is 20.8 Å². The molecule has 0 saturated heterocycles. The Morgan fingerprint density at radius 1 is 1.16 bits per heavy atom. The summed E-state index contributed by atoms with van der Waals surface area (Å²) in [6, 6.07) is 7.96.